The molecule has 2 unspecified atom stereocenters. The van der Waals surface area contributed by atoms with E-state index >= 15 is 0 Å². The number of carbonyl (C=O) groups is 5. The van der Waals surface area contributed by atoms with Crippen molar-refractivity contribution in [2.75, 3.05) is 60.2 Å². The van der Waals surface area contributed by atoms with Crippen molar-refractivity contribution < 1.29 is 47.7 Å². The van der Waals surface area contributed by atoms with Gasteiger partial charge in [0.15, 0.2) is 5.82 Å². The number of ether oxygens (including phenoxy) is 5. The second-order valence-electron chi connectivity index (χ2n) is 21.8. The highest BCUT2D eigenvalue weighted by Crippen LogP contribution is 2.43. The zero-order valence-corrected chi connectivity index (χ0v) is 44.5. The van der Waals surface area contributed by atoms with Gasteiger partial charge in [0, 0.05) is 86.9 Å². The van der Waals surface area contributed by atoms with Crippen LogP contribution in [0.3, 0.4) is 0 Å². The molecule has 2 aliphatic carbocycles. The number of piperazine rings is 1. The largest absolute Gasteiger partial charge is 0.488 e. The fourth-order valence-corrected chi connectivity index (χ4v) is 10.9. The van der Waals surface area contributed by atoms with E-state index in [1.54, 1.807) is 24.0 Å². The summed E-state index contributed by atoms with van der Waals surface area (Å²) in [7, 11) is 0. The predicted molar refractivity (Wildman–Crippen MR) is 288 cm³/mol. The van der Waals surface area contributed by atoms with Crippen LogP contribution in [-0.2, 0) is 35.2 Å². The van der Waals surface area contributed by atoms with Gasteiger partial charge >= 0.3 is 18.1 Å². The summed E-state index contributed by atoms with van der Waals surface area (Å²) < 4.78 is 29.9. The summed E-state index contributed by atoms with van der Waals surface area (Å²) in [6.07, 6.45) is 9.01. The van der Waals surface area contributed by atoms with Crippen LogP contribution < -0.4 is 46.7 Å². The fourth-order valence-electron chi connectivity index (χ4n) is 10.9. The van der Waals surface area contributed by atoms with Crippen LogP contribution >= 0.6 is 0 Å². The smallest absolute Gasteiger partial charge is 0.410 e. The minimum absolute atomic E-state index is 0.0330. The van der Waals surface area contributed by atoms with E-state index in [-0.39, 0.29) is 62.7 Å². The number of aromatic nitrogens is 3. The van der Waals surface area contributed by atoms with Crippen molar-refractivity contribution in [3.05, 3.63) is 78.5 Å². The topological polar surface area (TPSA) is 268 Å². The van der Waals surface area contributed by atoms with Crippen LogP contribution in [0.2, 0.25) is 0 Å². The van der Waals surface area contributed by atoms with Crippen LogP contribution in [0.25, 0.3) is 11.3 Å². The Hall–Kier alpha value is -7.42. The van der Waals surface area contributed by atoms with Gasteiger partial charge in [-0.1, -0.05) is 30.7 Å². The maximum Gasteiger partial charge on any atom is 0.410 e. The predicted octanol–water partition coefficient (Wildman–Crippen LogP) is 6.49. The van der Waals surface area contributed by atoms with Crippen LogP contribution in [0.1, 0.15) is 104 Å². The normalized spacial score (nSPS) is 21.2. The molecule has 9 rings (SSSR count). The van der Waals surface area contributed by atoms with Crippen LogP contribution in [0.15, 0.2) is 72.9 Å². The molecule has 4 aromatic rings. The highest BCUT2D eigenvalue weighted by molar-refractivity contribution is 6.06. The number of nitrogens with one attached hydrogen (secondary N) is 3. The van der Waals surface area contributed by atoms with Crippen molar-refractivity contribution in [1.29, 1.82) is 0 Å². The third kappa shape index (κ3) is 13.2. The second kappa shape index (κ2) is 23.9. The molecule has 5 aliphatic rings. The number of nitrogen functional groups attached to an aromatic ring is 1. The van der Waals surface area contributed by atoms with Gasteiger partial charge in [-0.05, 0) is 121 Å². The van der Waals surface area contributed by atoms with E-state index < -0.39 is 40.9 Å². The maximum atomic E-state index is 13.6. The molecule has 0 radical (unpaired) electrons. The first-order chi connectivity index (χ1) is 37.0. The van der Waals surface area contributed by atoms with Crippen LogP contribution in [0.5, 0.6) is 11.6 Å². The molecule has 5 heterocycles. The van der Waals surface area contributed by atoms with Crippen molar-refractivity contribution in [2.45, 2.75) is 147 Å². The lowest BCUT2D eigenvalue weighted by Crippen LogP contribution is -2.56. The lowest BCUT2D eigenvalue weighted by Gasteiger charge is -2.43. The summed E-state index contributed by atoms with van der Waals surface area (Å²) in [5.74, 6) is -0.0432. The number of esters is 1. The monoisotopic (exact) mass is 1060 g/mol. The molecule has 0 spiro atoms. The number of piperidine rings is 1. The second-order valence-corrected chi connectivity index (χ2v) is 21.8. The lowest BCUT2D eigenvalue weighted by atomic mass is 9.68. The average Bonchev–Trinajstić information content (AvgIpc) is 3.68. The minimum Gasteiger partial charge on any atom is -0.488 e. The Morgan fingerprint density at radius 3 is 2.29 bits per heavy atom. The highest BCUT2D eigenvalue weighted by Gasteiger charge is 2.53. The van der Waals surface area contributed by atoms with Crippen molar-refractivity contribution >= 4 is 52.8 Å². The molecule has 3 saturated heterocycles. The lowest BCUT2D eigenvalue weighted by molar-refractivity contribution is -0.167. The zero-order chi connectivity index (χ0) is 54.3. The summed E-state index contributed by atoms with van der Waals surface area (Å²) in [5, 5.41) is 17.1. The Labute approximate surface area is 449 Å². The number of pyridine rings is 1. The number of primary amides is 1. The Bertz CT molecular complexity index is 2730. The number of benzene rings is 2. The summed E-state index contributed by atoms with van der Waals surface area (Å²) >= 11 is 0. The molecule has 3 aliphatic heterocycles. The third-order valence-electron chi connectivity index (χ3n) is 15.1. The third-order valence-corrected chi connectivity index (χ3v) is 15.1. The molecule has 3 atom stereocenters. The summed E-state index contributed by atoms with van der Waals surface area (Å²) in [4.78, 5) is 74.9. The van der Waals surface area contributed by atoms with Gasteiger partial charge in [-0.3, -0.25) is 14.4 Å². The Balaban J connectivity index is 0.771. The molecular weight excluding hydrogens is 987 g/mol. The number of nitrogens with two attached hydrogens (primary N) is 2. The molecule has 412 valence electrons. The van der Waals surface area contributed by atoms with Gasteiger partial charge in [-0.15, -0.1) is 10.2 Å². The van der Waals surface area contributed by atoms with Gasteiger partial charge in [0.25, 0.3) is 0 Å². The van der Waals surface area contributed by atoms with E-state index in [4.69, 9.17) is 35.2 Å². The van der Waals surface area contributed by atoms with E-state index in [1.807, 2.05) is 69.4 Å². The molecule has 5 amide bonds. The summed E-state index contributed by atoms with van der Waals surface area (Å²) in [6.45, 7) is 10.6. The van der Waals surface area contributed by atoms with E-state index in [1.165, 1.54) is 0 Å². The first kappa shape index (κ1) is 54.4. The number of likely N-dealkylation sites (tertiary alicyclic amines) is 1. The molecule has 21 nitrogen and oxygen atoms in total. The average molecular weight is 1060 g/mol. The summed E-state index contributed by atoms with van der Waals surface area (Å²) in [5.41, 5.74) is 14.6. The van der Waals surface area contributed by atoms with Crippen molar-refractivity contribution in [1.82, 2.24) is 30.7 Å². The number of para-hydroxylation sites is 1. The van der Waals surface area contributed by atoms with E-state index in [9.17, 15) is 24.0 Å². The minimum atomic E-state index is -1.32. The van der Waals surface area contributed by atoms with Crippen molar-refractivity contribution in [2.24, 2.45) is 11.1 Å². The van der Waals surface area contributed by atoms with Crippen LogP contribution in [-0.4, -0.2) is 131 Å². The van der Waals surface area contributed by atoms with E-state index in [0.717, 1.165) is 74.1 Å². The fraction of sp³-hybridized carbons (Fsp3) is 0.536. The molecule has 2 aromatic heterocycles. The van der Waals surface area contributed by atoms with Gasteiger partial charge in [-0.2, -0.15) is 0 Å². The molecule has 21 heteroatoms. The molecule has 2 saturated carbocycles. The number of urea groups is 1. The van der Waals surface area contributed by atoms with Crippen molar-refractivity contribution in [3.63, 3.8) is 0 Å². The highest BCUT2D eigenvalue weighted by atomic mass is 16.6. The molecule has 77 heavy (non-hydrogen) atoms. The van der Waals surface area contributed by atoms with Gasteiger partial charge in [0.05, 0.1) is 30.2 Å². The Kier molecular flexibility index (Phi) is 16.8. The van der Waals surface area contributed by atoms with E-state index in [2.05, 4.69) is 53.1 Å². The molecular formula is C56H73N11O10. The Morgan fingerprint density at radius 2 is 1.61 bits per heavy atom. The first-order valence-corrected chi connectivity index (χ1v) is 27.1. The number of nitrogens with zero attached hydrogens (tertiary/aromatic N) is 6. The van der Waals surface area contributed by atoms with Gasteiger partial charge in [0.1, 0.15) is 35.5 Å². The number of hydrogen-bond donors (Lipinski definition) is 5. The van der Waals surface area contributed by atoms with E-state index in [0.29, 0.717) is 67.6 Å². The number of rotatable bonds is 20. The molecule has 7 N–H and O–H groups in total. The molecule has 2 bridgehead atoms. The molecule has 2 aromatic carbocycles. The molecule has 5 fully saturated rings. The number of anilines is 4. The standard InChI is InChI=1S/C56H73N11O10/c1-5-73-52(70)56(22-9-23-56)51(69)62-44(11-8-24-60-53(58)71)50(68)61-36-15-13-35(14-16-36)34-74-47-12-7-6-10-43(47)45-31-46(49(57)64-63-45)66-32-38-17-18-39(33-66)67(38)37-19-25-59-48(28-37)76-42-29-41(30-42)75-40-20-26-65(27-21-40)54(72)77-55(2,3)4/h6-7,10,12-16,19,25,28,31,38-42,44H,5,8-9,11,17-18,20-24,26-27,29-30,32-34H2,1-4H3,(H2,57,64)(H,61,68)(H,62,69)(H3,58,60,71)/t38?,39?,41-,42-,44-/m0/s1. The van der Waals surface area contributed by atoms with Gasteiger partial charge in [-0.25, -0.2) is 14.6 Å². The number of hydrogen-bond acceptors (Lipinski definition) is 16. The van der Waals surface area contributed by atoms with Gasteiger partial charge < -0.3 is 65.8 Å². The van der Waals surface area contributed by atoms with Crippen LogP contribution in [0, 0.1) is 5.41 Å². The number of amides is 5. The number of fused-ring (bicyclic) bond motifs is 2. The summed E-state index contributed by atoms with van der Waals surface area (Å²) in [6, 6.07) is 19.7. The maximum absolute atomic E-state index is 13.6. The zero-order valence-electron chi connectivity index (χ0n) is 44.5. The first-order valence-electron chi connectivity index (χ1n) is 27.1. The Morgan fingerprint density at radius 1 is 0.883 bits per heavy atom. The van der Waals surface area contributed by atoms with Crippen molar-refractivity contribution in [3.8, 4) is 22.9 Å². The van der Waals surface area contributed by atoms with Gasteiger partial charge in [0.2, 0.25) is 17.7 Å². The quantitative estimate of drug-likeness (QED) is 0.0360. The SMILES string of the molecule is CCOC(=O)C1(C(=O)N[C@@H](CCCNC(N)=O)C(=O)Nc2ccc(COc3ccccc3-c3cc(N4CC5CCC(C4)N5c4ccnc(O[C@H]5C[C@H](OC6CCN(C(=O)OC(C)(C)C)CC6)C5)c4)c(N)nn3)cc2)CCC1. The number of carbonyl (C=O) groups excluding carboxylic acids is 5. The van der Waals surface area contributed by atoms with Crippen LogP contribution in [0.4, 0.5) is 32.5 Å².